The minimum atomic E-state index is 0.572. The molecule has 0 radical (unpaired) electrons. The predicted octanol–water partition coefficient (Wildman–Crippen LogP) is 12.1. The first-order chi connectivity index (χ1) is 26.3. The molecule has 4 aromatic heterocycles. The van der Waals surface area contributed by atoms with Crippen molar-refractivity contribution in [3.05, 3.63) is 164 Å². The summed E-state index contributed by atoms with van der Waals surface area (Å²) in [6.45, 7) is 0. The Kier molecular flexibility index (Phi) is 6.62. The summed E-state index contributed by atoms with van der Waals surface area (Å²) in [6.07, 6.45) is 0. The molecule has 0 N–H and O–H groups in total. The lowest BCUT2D eigenvalue weighted by Gasteiger charge is -2.11. The summed E-state index contributed by atoms with van der Waals surface area (Å²) in [5, 5.41) is 4.56. The quantitative estimate of drug-likeness (QED) is 0.179. The molecule has 0 saturated carbocycles. The van der Waals surface area contributed by atoms with Crippen LogP contribution in [0.1, 0.15) is 0 Å². The number of hydrogen-bond donors (Lipinski definition) is 0. The van der Waals surface area contributed by atoms with Crippen molar-refractivity contribution in [2.24, 2.45) is 0 Å². The average Bonchev–Trinajstić information content (AvgIpc) is 3.93. The first-order valence-electron chi connectivity index (χ1n) is 17.5. The van der Waals surface area contributed by atoms with Crippen LogP contribution in [0.3, 0.4) is 0 Å². The molecule has 0 amide bonds. The number of aromatic nitrogens is 5. The number of nitrogens with zero attached hydrogens (tertiary/aromatic N) is 5. The second kappa shape index (κ2) is 11.8. The van der Waals surface area contributed by atoms with Gasteiger partial charge in [0.1, 0.15) is 5.52 Å². The molecule has 0 fully saturated rings. The normalized spacial score (nSPS) is 11.8. The Morgan fingerprint density at radius 2 is 1.06 bits per heavy atom. The molecule has 11 aromatic rings. The predicted molar refractivity (Wildman–Crippen MR) is 216 cm³/mol. The minimum Gasteiger partial charge on any atom is -0.436 e. The van der Waals surface area contributed by atoms with Crippen LogP contribution in [0.5, 0.6) is 0 Å². The Hall–Kier alpha value is -6.96. The Bertz CT molecular complexity index is 3090. The molecule has 0 spiro atoms. The molecule has 0 aliphatic rings. The van der Waals surface area contributed by atoms with Crippen molar-refractivity contribution in [2.45, 2.75) is 0 Å². The van der Waals surface area contributed by atoms with Crippen molar-refractivity contribution < 1.29 is 4.42 Å². The molecule has 0 aliphatic heterocycles. The fourth-order valence-electron chi connectivity index (χ4n) is 7.46. The monoisotopic (exact) mass is 697 g/mol. The molecular weight excluding hydrogens is 671 g/mol. The van der Waals surface area contributed by atoms with Crippen LogP contribution in [0, 0.1) is 0 Å². The number of fused-ring (bicyclic) bond motifs is 7. The van der Waals surface area contributed by atoms with Gasteiger partial charge in [-0.15, -0.1) is 11.3 Å². The van der Waals surface area contributed by atoms with Crippen molar-refractivity contribution in [3.8, 4) is 51.3 Å². The summed E-state index contributed by atoms with van der Waals surface area (Å²) in [5.41, 5.74) is 8.72. The highest BCUT2D eigenvalue weighted by atomic mass is 32.1. The van der Waals surface area contributed by atoms with Gasteiger partial charge in [-0.3, -0.25) is 4.57 Å². The van der Waals surface area contributed by atoms with Gasteiger partial charge in [0.25, 0.3) is 0 Å². The molecule has 4 heterocycles. The van der Waals surface area contributed by atoms with Gasteiger partial charge >= 0.3 is 0 Å². The Balaban J connectivity index is 1.20. The third-order valence-electron chi connectivity index (χ3n) is 9.91. The van der Waals surface area contributed by atoms with E-state index in [0.717, 1.165) is 80.9 Å². The average molecular weight is 698 g/mol. The zero-order valence-corrected chi connectivity index (χ0v) is 29.0. The van der Waals surface area contributed by atoms with E-state index in [1.54, 1.807) is 11.3 Å². The molecule has 7 heteroatoms. The topological polar surface area (TPSA) is 69.6 Å². The molecule has 53 heavy (non-hydrogen) atoms. The fraction of sp³-hybridized carbons (Fsp3) is 0. The fourth-order valence-corrected chi connectivity index (χ4v) is 8.76. The van der Waals surface area contributed by atoms with Crippen molar-refractivity contribution >= 4 is 64.4 Å². The maximum absolute atomic E-state index is 6.42. The van der Waals surface area contributed by atoms with E-state index in [1.165, 1.54) is 0 Å². The van der Waals surface area contributed by atoms with Crippen molar-refractivity contribution in [1.82, 2.24) is 24.5 Å². The molecule has 0 atom stereocenters. The van der Waals surface area contributed by atoms with Gasteiger partial charge in [-0.1, -0.05) is 121 Å². The number of hydrogen-bond acceptors (Lipinski definition) is 6. The lowest BCUT2D eigenvalue weighted by molar-refractivity contribution is 0.621. The smallest absolute Gasteiger partial charge is 0.238 e. The van der Waals surface area contributed by atoms with Crippen molar-refractivity contribution in [2.75, 3.05) is 0 Å². The molecule has 248 valence electrons. The maximum Gasteiger partial charge on any atom is 0.238 e. The lowest BCUT2D eigenvalue weighted by Crippen LogP contribution is -2.06. The van der Waals surface area contributed by atoms with Crippen LogP contribution in [0.15, 0.2) is 168 Å². The maximum atomic E-state index is 6.42. The molecular formula is C46H27N5OS. The first kappa shape index (κ1) is 29.7. The van der Waals surface area contributed by atoms with Gasteiger partial charge in [0.2, 0.25) is 11.8 Å². The molecule has 6 nitrogen and oxygen atoms in total. The van der Waals surface area contributed by atoms with Gasteiger partial charge in [0.15, 0.2) is 17.2 Å². The second-order valence-electron chi connectivity index (χ2n) is 13.1. The van der Waals surface area contributed by atoms with Gasteiger partial charge in [0, 0.05) is 42.1 Å². The lowest BCUT2D eigenvalue weighted by atomic mass is 9.99. The summed E-state index contributed by atoms with van der Waals surface area (Å²) in [6, 6.07) is 56.3. The van der Waals surface area contributed by atoms with Gasteiger partial charge in [-0.2, -0.15) is 9.97 Å². The van der Waals surface area contributed by atoms with Gasteiger partial charge in [-0.05, 0) is 53.6 Å². The highest BCUT2D eigenvalue weighted by molar-refractivity contribution is 7.26. The van der Waals surface area contributed by atoms with E-state index < -0.39 is 0 Å². The summed E-state index contributed by atoms with van der Waals surface area (Å²) in [5.74, 6) is 2.40. The first-order valence-corrected chi connectivity index (χ1v) is 18.3. The van der Waals surface area contributed by atoms with Crippen LogP contribution in [0.2, 0.25) is 0 Å². The summed E-state index contributed by atoms with van der Waals surface area (Å²) in [4.78, 5) is 20.6. The van der Waals surface area contributed by atoms with E-state index in [-0.39, 0.29) is 0 Å². The molecule has 11 rings (SSSR count). The van der Waals surface area contributed by atoms with E-state index in [0.29, 0.717) is 23.5 Å². The van der Waals surface area contributed by atoms with Crippen LogP contribution in [0.4, 0.5) is 0 Å². The van der Waals surface area contributed by atoms with Gasteiger partial charge in [0.05, 0.1) is 16.6 Å². The zero-order valence-electron chi connectivity index (χ0n) is 28.1. The third kappa shape index (κ3) is 4.79. The SMILES string of the molecule is c1ccc(-c2cc(-c3nc4ccccc4o3)c3sc4c(-c5nc(-c6ccccc6)nc(-n6c7ccccc7c7ccccc76)n5)cccc4c3c2)cc1. The van der Waals surface area contributed by atoms with Crippen molar-refractivity contribution in [1.29, 1.82) is 0 Å². The Labute approximate surface area is 307 Å². The zero-order chi connectivity index (χ0) is 34.9. The van der Waals surface area contributed by atoms with Crippen LogP contribution >= 0.6 is 11.3 Å². The third-order valence-corrected chi connectivity index (χ3v) is 11.2. The minimum absolute atomic E-state index is 0.572. The number of para-hydroxylation sites is 4. The summed E-state index contributed by atoms with van der Waals surface area (Å²) < 4.78 is 10.8. The number of rotatable bonds is 5. The van der Waals surface area contributed by atoms with Crippen molar-refractivity contribution in [3.63, 3.8) is 0 Å². The standard InChI is InChI=1S/C46H27N5OS/c1-3-14-28(15-4-1)30-26-35-33-20-13-21-34(41(33)53-42(35)36(27-30)45-47-37-22-9-12-25-40(37)52-45)44-48-43(29-16-5-2-6-17-29)49-46(50-44)51-38-23-10-7-18-31(38)32-19-8-11-24-39(32)51/h1-27H. The largest absolute Gasteiger partial charge is 0.436 e. The number of benzene rings is 7. The van der Waals surface area contributed by atoms with Crippen LogP contribution < -0.4 is 0 Å². The molecule has 0 unspecified atom stereocenters. The van der Waals surface area contributed by atoms with Gasteiger partial charge in [-0.25, -0.2) is 9.97 Å². The van der Waals surface area contributed by atoms with E-state index in [2.05, 4.69) is 108 Å². The van der Waals surface area contributed by atoms with Crippen LogP contribution in [-0.4, -0.2) is 24.5 Å². The van der Waals surface area contributed by atoms with E-state index >= 15 is 0 Å². The van der Waals surface area contributed by atoms with E-state index in [9.17, 15) is 0 Å². The number of thiophene rings is 1. The highest BCUT2D eigenvalue weighted by Gasteiger charge is 2.22. The molecule has 0 saturated heterocycles. The summed E-state index contributed by atoms with van der Waals surface area (Å²) >= 11 is 1.72. The summed E-state index contributed by atoms with van der Waals surface area (Å²) in [7, 11) is 0. The molecule has 0 aliphatic carbocycles. The van der Waals surface area contributed by atoms with Gasteiger partial charge < -0.3 is 4.42 Å². The molecule has 0 bridgehead atoms. The molecule has 7 aromatic carbocycles. The highest BCUT2D eigenvalue weighted by Crippen LogP contribution is 2.46. The van der Waals surface area contributed by atoms with E-state index in [4.69, 9.17) is 24.4 Å². The Morgan fingerprint density at radius 3 is 1.81 bits per heavy atom. The Morgan fingerprint density at radius 1 is 0.434 bits per heavy atom. The second-order valence-corrected chi connectivity index (χ2v) is 14.1. The van der Waals surface area contributed by atoms with E-state index in [1.807, 2.05) is 60.7 Å². The number of oxazole rings is 1. The van der Waals surface area contributed by atoms with Crippen LogP contribution in [-0.2, 0) is 0 Å². The van der Waals surface area contributed by atoms with Crippen LogP contribution in [0.25, 0.3) is 104 Å².